The fourth-order valence-corrected chi connectivity index (χ4v) is 1.76. The summed E-state index contributed by atoms with van der Waals surface area (Å²) in [6.45, 7) is -0.00344. The second kappa shape index (κ2) is 5.58. The smallest absolute Gasteiger partial charge is 0.390 e. The third-order valence-corrected chi connectivity index (χ3v) is 2.94. The van der Waals surface area contributed by atoms with E-state index in [-0.39, 0.29) is 24.8 Å². The minimum atomic E-state index is -4.31. The molecule has 0 aliphatic carbocycles. The summed E-state index contributed by atoms with van der Waals surface area (Å²) in [5.74, 6) is -1.21. The van der Waals surface area contributed by atoms with Crippen LogP contribution >= 0.6 is 0 Å². The van der Waals surface area contributed by atoms with Crippen LogP contribution in [-0.4, -0.2) is 62.8 Å². The normalized spacial score (nSPS) is 15.7. The Kier molecular flexibility index (Phi) is 4.00. The zero-order chi connectivity index (χ0) is 15.6. The lowest BCUT2D eigenvalue weighted by molar-refractivity contribution is -0.133. The molecule has 1 aromatic heterocycles. The predicted molar refractivity (Wildman–Crippen MR) is 61.7 cm³/mol. The van der Waals surface area contributed by atoms with Crippen LogP contribution in [0.4, 0.5) is 18.0 Å². The van der Waals surface area contributed by atoms with Gasteiger partial charge in [-0.05, 0) is 0 Å². The van der Waals surface area contributed by atoms with E-state index in [0.29, 0.717) is 0 Å². The van der Waals surface area contributed by atoms with Gasteiger partial charge in [0, 0.05) is 19.6 Å². The van der Waals surface area contributed by atoms with Crippen molar-refractivity contribution in [3.05, 3.63) is 11.9 Å². The van der Waals surface area contributed by atoms with Gasteiger partial charge in [-0.2, -0.15) is 13.2 Å². The molecule has 0 atom stereocenters. The van der Waals surface area contributed by atoms with E-state index in [1.54, 1.807) is 0 Å². The van der Waals surface area contributed by atoms with Gasteiger partial charge in [0.05, 0.1) is 18.7 Å². The number of rotatable bonds is 4. The highest BCUT2D eigenvalue weighted by Crippen LogP contribution is 2.21. The van der Waals surface area contributed by atoms with Crippen LogP contribution in [0.25, 0.3) is 0 Å². The maximum Gasteiger partial charge on any atom is 0.390 e. The van der Waals surface area contributed by atoms with E-state index in [2.05, 4.69) is 15.6 Å². The monoisotopic (exact) mass is 307 g/mol. The number of alkyl halides is 3. The molecule has 0 radical (unpaired) electrons. The molecule has 0 aromatic carbocycles. The molecule has 0 unspecified atom stereocenters. The number of aromatic nitrogens is 3. The number of likely N-dealkylation sites (tertiary alicyclic amines) is 1. The highest BCUT2D eigenvalue weighted by atomic mass is 19.4. The summed E-state index contributed by atoms with van der Waals surface area (Å²) in [4.78, 5) is 23.5. The molecule has 2 N–H and O–H groups in total. The van der Waals surface area contributed by atoms with Crippen molar-refractivity contribution in [3.63, 3.8) is 0 Å². The number of carbonyl (C=O) groups is 2. The van der Waals surface area contributed by atoms with Crippen LogP contribution in [0.1, 0.15) is 23.0 Å². The van der Waals surface area contributed by atoms with Crippen molar-refractivity contribution < 1.29 is 27.9 Å². The van der Waals surface area contributed by atoms with Crippen molar-refractivity contribution in [2.75, 3.05) is 19.6 Å². The van der Waals surface area contributed by atoms with E-state index in [4.69, 9.17) is 5.11 Å². The summed E-state index contributed by atoms with van der Waals surface area (Å²) >= 11 is 0. The van der Waals surface area contributed by atoms with Crippen LogP contribution in [0.15, 0.2) is 6.20 Å². The third kappa shape index (κ3) is 3.83. The lowest BCUT2D eigenvalue weighted by Crippen LogP contribution is -2.54. The molecule has 2 rings (SSSR count). The van der Waals surface area contributed by atoms with Crippen molar-refractivity contribution in [2.45, 2.75) is 18.6 Å². The molecular weight excluding hydrogens is 295 g/mol. The van der Waals surface area contributed by atoms with Crippen LogP contribution < -0.4 is 5.32 Å². The Balaban J connectivity index is 1.75. The second-order valence-corrected chi connectivity index (χ2v) is 4.54. The molecule has 2 heterocycles. The average molecular weight is 307 g/mol. The fourth-order valence-electron chi connectivity index (χ4n) is 1.76. The van der Waals surface area contributed by atoms with E-state index >= 15 is 0 Å². The molecule has 0 saturated carbocycles. The highest BCUT2D eigenvalue weighted by Gasteiger charge is 2.34. The average Bonchev–Trinajstić information content (AvgIpc) is 2.74. The Morgan fingerprint density at radius 2 is 2.10 bits per heavy atom. The molecule has 1 fully saturated rings. The lowest BCUT2D eigenvalue weighted by Gasteiger charge is -2.38. The van der Waals surface area contributed by atoms with Crippen LogP contribution in [0.2, 0.25) is 0 Å². The van der Waals surface area contributed by atoms with E-state index in [9.17, 15) is 22.8 Å². The molecule has 2 amide bonds. The van der Waals surface area contributed by atoms with Crippen molar-refractivity contribution >= 4 is 12.0 Å². The van der Waals surface area contributed by atoms with Gasteiger partial charge in [0.15, 0.2) is 5.69 Å². The van der Waals surface area contributed by atoms with Crippen molar-refractivity contribution in [1.82, 2.24) is 25.2 Å². The van der Waals surface area contributed by atoms with Gasteiger partial charge >= 0.3 is 18.2 Å². The molecule has 116 valence electrons. The first-order chi connectivity index (χ1) is 9.76. The highest BCUT2D eigenvalue weighted by molar-refractivity contribution is 5.84. The molecule has 11 heteroatoms. The minimum Gasteiger partial charge on any atom is -0.476 e. The summed E-state index contributed by atoms with van der Waals surface area (Å²) in [5, 5.41) is 17.9. The summed E-state index contributed by atoms with van der Waals surface area (Å²) < 4.78 is 37.1. The zero-order valence-electron chi connectivity index (χ0n) is 10.7. The van der Waals surface area contributed by atoms with Crippen molar-refractivity contribution in [3.8, 4) is 0 Å². The van der Waals surface area contributed by atoms with Crippen LogP contribution in [0, 0.1) is 0 Å². The minimum absolute atomic E-state index is 0.205. The summed E-state index contributed by atoms with van der Waals surface area (Å²) in [5.41, 5.74) is -0.205. The Labute approximate surface area is 116 Å². The molecule has 0 spiro atoms. The number of amides is 2. The Hall–Kier alpha value is -2.33. The molecule has 1 aromatic rings. The predicted octanol–water partition coefficient (Wildman–Crippen LogP) is 0.495. The van der Waals surface area contributed by atoms with Gasteiger partial charge in [-0.25, -0.2) is 14.3 Å². The van der Waals surface area contributed by atoms with E-state index in [0.717, 1.165) is 0 Å². The molecule has 8 nitrogen and oxygen atoms in total. The standard InChI is InChI=1S/C10H12F3N5O3/c11-10(12,13)1-2-14-9(21)17-3-6(4-17)18-5-7(8(19)20)15-16-18/h5-6H,1-4H2,(H,14,21)(H,19,20). The Morgan fingerprint density at radius 3 is 2.62 bits per heavy atom. The van der Waals surface area contributed by atoms with Crippen molar-refractivity contribution in [1.29, 1.82) is 0 Å². The van der Waals surface area contributed by atoms with Gasteiger partial charge in [0.25, 0.3) is 0 Å². The number of carboxylic acids is 1. The van der Waals surface area contributed by atoms with Crippen molar-refractivity contribution in [2.24, 2.45) is 0 Å². The summed E-state index contributed by atoms with van der Waals surface area (Å²) in [6.07, 6.45) is -4.15. The Morgan fingerprint density at radius 1 is 1.43 bits per heavy atom. The maximum absolute atomic E-state index is 11.9. The number of halogens is 3. The van der Waals surface area contributed by atoms with Gasteiger partial charge in [-0.15, -0.1) is 5.10 Å². The number of carbonyl (C=O) groups excluding carboxylic acids is 1. The number of hydrogen-bond acceptors (Lipinski definition) is 4. The lowest BCUT2D eigenvalue weighted by atomic mass is 10.1. The molecule has 0 bridgehead atoms. The van der Waals surface area contributed by atoms with Crippen LogP contribution in [0.3, 0.4) is 0 Å². The molecular formula is C10H12F3N5O3. The largest absolute Gasteiger partial charge is 0.476 e. The van der Waals surface area contributed by atoms with Crippen LogP contribution in [0.5, 0.6) is 0 Å². The van der Waals surface area contributed by atoms with Gasteiger partial charge in [0.2, 0.25) is 0 Å². The maximum atomic E-state index is 11.9. The number of aromatic carboxylic acids is 1. The van der Waals surface area contributed by atoms with E-state index in [1.807, 2.05) is 0 Å². The first-order valence-corrected chi connectivity index (χ1v) is 6.01. The number of urea groups is 1. The second-order valence-electron chi connectivity index (χ2n) is 4.54. The first-order valence-electron chi connectivity index (χ1n) is 6.01. The number of hydrogen-bond donors (Lipinski definition) is 2. The zero-order valence-corrected chi connectivity index (χ0v) is 10.7. The molecule has 1 aliphatic rings. The van der Waals surface area contributed by atoms with Gasteiger partial charge in [0.1, 0.15) is 0 Å². The first kappa shape index (κ1) is 15.1. The quantitative estimate of drug-likeness (QED) is 0.843. The number of nitrogens with zero attached hydrogens (tertiary/aromatic N) is 4. The number of carboxylic acid groups (broad SMARTS) is 1. The third-order valence-electron chi connectivity index (χ3n) is 2.94. The van der Waals surface area contributed by atoms with Gasteiger partial charge < -0.3 is 15.3 Å². The molecule has 1 saturated heterocycles. The molecule has 1 aliphatic heterocycles. The Bertz CT molecular complexity index is 538. The SMILES string of the molecule is O=C(O)c1cn(C2CN(C(=O)NCCC(F)(F)F)C2)nn1. The van der Waals surface area contributed by atoms with Gasteiger partial charge in [-0.3, -0.25) is 0 Å². The topological polar surface area (TPSA) is 100 Å². The van der Waals surface area contributed by atoms with Crippen LogP contribution in [-0.2, 0) is 0 Å². The molecule has 21 heavy (non-hydrogen) atoms. The van der Waals surface area contributed by atoms with Gasteiger partial charge in [-0.1, -0.05) is 5.21 Å². The van der Waals surface area contributed by atoms with E-state index < -0.39 is 31.1 Å². The number of nitrogens with one attached hydrogen (secondary N) is 1. The summed E-state index contributed by atoms with van der Waals surface area (Å²) in [6, 6.07) is -0.812. The fraction of sp³-hybridized carbons (Fsp3) is 0.600. The van der Waals surface area contributed by atoms with E-state index in [1.165, 1.54) is 15.8 Å². The summed E-state index contributed by atoms with van der Waals surface area (Å²) in [7, 11) is 0.